The highest BCUT2D eigenvalue weighted by Crippen LogP contribution is 2.30. The number of carbonyl (C=O) groups excluding carboxylic acids is 2. The summed E-state index contributed by atoms with van der Waals surface area (Å²) in [6.07, 6.45) is -2.70. The van der Waals surface area contributed by atoms with Crippen LogP contribution < -0.4 is 10.1 Å². The van der Waals surface area contributed by atoms with E-state index in [1.807, 2.05) is 0 Å². The number of pyridine rings is 1. The molecular formula is C20H17F3N4O3. The summed E-state index contributed by atoms with van der Waals surface area (Å²) in [5.41, 5.74) is -0.246. The van der Waals surface area contributed by atoms with E-state index in [0.717, 1.165) is 17.5 Å². The van der Waals surface area contributed by atoms with Gasteiger partial charge in [0.15, 0.2) is 5.78 Å². The second-order valence-corrected chi connectivity index (χ2v) is 7.00. The number of fused-ring (bicyclic) bond motifs is 1. The Hall–Kier alpha value is -3.43. The Morgan fingerprint density at radius 3 is 2.80 bits per heavy atom. The number of rotatable bonds is 5. The molecule has 0 radical (unpaired) electrons. The van der Waals surface area contributed by atoms with Crippen molar-refractivity contribution in [3.8, 4) is 5.75 Å². The van der Waals surface area contributed by atoms with Crippen molar-refractivity contribution in [1.82, 2.24) is 20.1 Å². The van der Waals surface area contributed by atoms with Crippen LogP contribution in [0.25, 0.3) is 10.9 Å². The molecule has 0 saturated carbocycles. The van der Waals surface area contributed by atoms with Crippen LogP contribution in [0.1, 0.15) is 34.2 Å². The number of nitrogens with one attached hydrogen (secondary N) is 1. The third-order valence-electron chi connectivity index (χ3n) is 4.93. The molecule has 4 rings (SSSR count). The molecule has 1 N–H and O–H groups in total. The van der Waals surface area contributed by atoms with Crippen LogP contribution in [0.5, 0.6) is 5.75 Å². The van der Waals surface area contributed by atoms with Crippen LogP contribution in [-0.4, -0.2) is 40.1 Å². The molecule has 3 heterocycles. The number of ether oxygens (including phenoxy) is 1. The maximum Gasteiger partial charge on any atom is 0.433 e. The van der Waals surface area contributed by atoms with Crippen molar-refractivity contribution in [2.24, 2.45) is 0 Å². The standard InChI is InChI=1S/C20H17F3N4O3/c1-30-17-8-15-12(10-27(26-15)13-7-19(29)24-9-13)5-11(17)6-16(28)14-3-2-4-18(25-14)20(21,22)23/h2-5,8,10,13H,6-7,9H2,1H3,(H,24,29). The van der Waals surface area contributed by atoms with E-state index in [2.05, 4.69) is 15.4 Å². The van der Waals surface area contributed by atoms with E-state index in [9.17, 15) is 22.8 Å². The number of benzene rings is 1. The molecule has 7 nitrogen and oxygen atoms in total. The van der Waals surface area contributed by atoms with Crippen molar-refractivity contribution < 1.29 is 27.5 Å². The fourth-order valence-electron chi connectivity index (χ4n) is 3.42. The van der Waals surface area contributed by atoms with Gasteiger partial charge in [-0.25, -0.2) is 4.98 Å². The molecule has 1 saturated heterocycles. The van der Waals surface area contributed by atoms with E-state index < -0.39 is 17.7 Å². The smallest absolute Gasteiger partial charge is 0.433 e. The second kappa shape index (κ2) is 7.43. The zero-order valence-corrected chi connectivity index (χ0v) is 15.9. The lowest BCUT2D eigenvalue weighted by molar-refractivity contribution is -0.141. The Morgan fingerprint density at radius 1 is 1.33 bits per heavy atom. The monoisotopic (exact) mass is 418 g/mol. The molecule has 1 aliphatic rings. The lowest BCUT2D eigenvalue weighted by atomic mass is 10.0. The number of methoxy groups -OCH3 is 1. The van der Waals surface area contributed by atoms with Gasteiger partial charge in [-0.1, -0.05) is 6.07 Å². The van der Waals surface area contributed by atoms with Crippen LogP contribution in [-0.2, 0) is 17.4 Å². The molecule has 1 fully saturated rings. The average molecular weight is 418 g/mol. The van der Waals surface area contributed by atoms with Crippen LogP contribution in [0.2, 0.25) is 0 Å². The first-order valence-corrected chi connectivity index (χ1v) is 9.14. The minimum absolute atomic E-state index is 0.0444. The lowest BCUT2D eigenvalue weighted by Gasteiger charge is -2.09. The molecule has 0 aliphatic carbocycles. The Labute approximate surface area is 168 Å². The zero-order chi connectivity index (χ0) is 21.5. The van der Waals surface area contributed by atoms with Gasteiger partial charge >= 0.3 is 6.18 Å². The number of aromatic nitrogens is 3. The summed E-state index contributed by atoms with van der Waals surface area (Å²) in [7, 11) is 1.44. The zero-order valence-electron chi connectivity index (χ0n) is 15.9. The molecule has 0 bridgehead atoms. The van der Waals surface area contributed by atoms with Crippen LogP contribution in [0.15, 0.2) is 36.5 Å². The van der Waals surface area contributed by atoms with Gasteiger partial charge in [-0.3, -0.25) is 14.3 Å². The first kappa shape index (κ1) is 19.9. The van der Waals surface area contributed by atoms with Crippen LogP contribution in [0.4, 0.5) is 13.2 Å². The molecule has 156 valence electrons. The summed E-state index contributed by atoms with van der Waals surface area (Å²) < 4.78 is 45.7. The lowest BCUT2D eigenvalue weighted by Crippen LogP contribution is -2.15. The summed E-state index contributed by atoms with van der Waals surface area (Å²) in [5, 5.41) is 7.96. The first-order chi connectivity index (χ1) is 14.2. The van der Waals surface area contributed by atoms with Crippen molar-refractivity contribution in [3.05, 3.63) is 53.5 Å². The van der Waals surface area contributed by atoms with E-state index in [-0.39, 0.29) is 24.1 Å². The van der Waals surface area contributed by atoms with E-state index in [0.29, 0.717) is 29.8 Å². The number of alkyl halides is 3. The molecule has 2 aromatic heterocycles. The molecule has 1 atom stereocenters. The van der Waals surface area contributed by atoms with Crippen molar-refractivity contribution in [1.29, 1.82) is 0 Å². The fraction of sp³-hybridized carbons (Fsp3) is 0.300. The van der Waals surface area contributed by atoms with Gasteiger partial charge in [0.1, 0.15) is 17.1 Å². The molecule has 3 aromatic rings. The largest absolute Gasteiger partial charge is 0.496 e. The highest BCUT2D eigenvalue weighted by Gasteiger charge is 2.33. The minimum Gasteiger partial charge on any atom is -0.496 e. The molecular weight excluding hydrogens is 401 g/mol. The number of ketones is 1. The Kier molecular flexibility index (Phi) is 4.92. The predicted molar refractivity (Wildman–Crippen MR) is 100 cm³/mol. The summed E-state index contributed by atoms with van der Waals surface area (Å²) in [4.78, 5) is 27.5. The van der Waals surface area contributed by atoms with Gasteiger partial charge in [0, 0.05) is 36.2 Å². The minimum atomic E-state index is -4.63. The van der Waals surface area contributed by atoms with Crippen molar-refractivity contribution in [3.63, 3.8) is 0 Å². The molecule has 30 heavy (non-hydrogen) atoms. The molecule has 1 unspecified atom stereocenters. The van der Waals surface area contributed by atoms with Crippen molar-refractivity contribution in [2.45, 2.75) is 25.1 Å². The summed E-state index contributed by atoms with van der Waals surface area (Å²) >= 11 is 0. The third kappa shape index (κ3) is 3.85. The number of amides is 1. The average Bonchev–Trinajstić information content (AvgIpc) is 3.32. The SMILES string of the molecule is COc1cc2nn(C3CNC(=O)C3)cc2cc1CC(=O)c1cccc(C(F)(F)F)n1. The third-order valence-corrected chi connectivity index (χ3v) is 4.93. The number of carbonyl (C=O) groups is 2. The van der Waals surface area contributed by atoms with Crippen molar-refractivity contribution in [2.75, 3.05) is 13.7 Å². The Morgan fingerprint density at radius 2 is 2.13 bits per heavy atom. The summed E-state index contributed by atoms with van der Waals surface area (Å²) in [6.45, 7) is 0.483. The van der Waals surface area contributed by atoms with E-state index >= 15 is 0 Å². The molecule has 1 aromatic carbocycles. The van der Waals surface area contributed by atoms with Gasteiger partial charge in [-0.2, -0.15) is 18.3 Å². The summed E-state index contributed by atoms with van der Waals surface area (Å²) in [6, 6.07) is 6.51. The number of hydrogen-bond acceptors (Lipinski definition) is 5. The number of Topliss-reactive ketones (excluding diaryl/α,β-unsaturated/α-hetero) is 1. The van der Waals surface area contributed by atoms with Gasteiger partial charge in [0.25, 0.3) is 0 Å². The van der Waals surface area contributed by atoms with Crippen LogP contribution in [0, 0.1) is 0 Å². The molecule has 1 aliphatic heterocycles. The number of nitrogens with zero attached hydrogens (tertiary/aromatic N) is 3. The van der Waals surface area contributed by atoms with Gasteiger partial charge in [0.2, 0.25) is 5.91 Å². The highest BCUT2D eigenvalue weighted by atomic mass is 19.4. The van der Waals surface area contributed by atoms with Crippen LogP contribution in [0.3, 0.4) is 0 Å². The maximum absolute atomic E-state index is 12.9. The van der Waals surface area contributed by atoms with E-state index in [1.165, 1.54) is 13.2 Å². The summed E-state index contributed by atoms with van der Waals surface area (Å²) in [5.74, 6) is -0.206. The van der Waals surface area contributed by atoms with E-state index in [4.69, 9.17) is 4.74 Å². The number of halogens is 3. The first-order valence-electron chi connectivity index (χ1n) is 9.14. The molecule has 0 spiro atoms. The molecule has 1 amide bonds. The van der Waals surface area contributed by atoms with Gasteiger partial charge < -0.3 is 10.1 Å². The van der Waals surface area contributed by atoms with Crippen molar-refractivity contribution >= 4 is 22.6 Å². The quantitative estimate of drug-likeness (QED) is 0.644. The van der Waals surface area contributed by atoms with Crippen LogP contribution >= 0.6 is 0 Å². The number of hydrogen-bond donors (Lipinski definition) is 1. The predicted octanol–water partition coefficient (Wildman–Crippen LogP) is 2.95. The maximum atomic E-state index is 12.9. The van der Waals surface area contributed by atoms with Gasteiger partial charge in [0.05, 0.1) is 25.1 Å². The van der Waals surface area contributed by atoms with E-state index in [1.54, 1.807) is 23.0 Å². The second-order valence-electron chi connectivity index (χ2n) is 7.00. The Balaban J connectivity index is 1.63. The topological polar surface area (TPSA) is 86.1 Å². The highest BCUT2D eigenvalue weighted by molar-refractivity contribution is 5.97. The fourth-order valence-corrected chi connectivity index (χ4v) is 3.42. The van der Waals surface area contributed by atoms with Gasteiger partial charge in [-0.15, -0.1) is 0 Å². The molecule has 10 heteroatoms. The Bertz CT molecular complexity index is 1140. The normalized spacial score (nSPS) is 16.7. The van der Waals surface area contributed by atoms with Gasteiger partial charge in [-0.05, 0) is 18.2 Å².